The lowest BCUT2D eigenvalue weighted by molar-refractivity contribution is 0.362. The third kappa shape index (κ3) is 2.39. The molecule has 1 aliphatic rings. The number of anilines is 1. The Bertz CT molecular complexity index is 586. The zero-order valence-corrected chi connectivity index (χ0v) is 11.5. The number of para-hydroxylation sites is 1. The first-order valence-electron chi connectivity index (χ1n) is 7.06. The summed E-state index contributed by atoms with van der Waals surface area (Å²) in [6, 6.07) is 21.8. The molecule has 0 unspecified atom stereocenters. The van der Waals surface area contributed by atoms with Crippen LogP contribution in [0.15, 0.2) is 85.5 Å². The Morgan fingerprint density at radius 1 is 0.950 bits per heavy atom. The SMILES string of the molecule is C=C/C=C/[C@@H]1CN(c2ccccc2)[C@H]1c1ccccc1. The van der Waals surface area contributed by atoms with Gasteiger partial charge in [0, 0.05) is 18.2 Å². The fourth-order valence-corrected chi connectivity index (χ4v) is 2.88. The van der Waals surface area contributed by atoms with Crippen molar-refractivity contribution >= 4 is 5.69 Å². The van der Waals surface area contributed by atoms with E-state index in [1.807, 2.05) is 6.08 Å². The Morgan fingerprint density at radius 3 is 2.25 bits per heavy atom. The van der Waals surface area contributed by atoms with Crippen LogP contribution in [-0.2, 0) is 0 Å². The first-order chi connectivity index (χ1) is 9.90. The van der Waals surface area contributed by atoms with Crippen molar-refractivity contribution < 1.29 is 0 Å². The Kier molecular flexibility index (Phi) is 3.69. The molecule has 0 spiro atoms. The number of hydrogen-bond donors (Lipinski definition) is 0. The van der Waals surface area contributed by atoms with E-state index >= 15 is 0 Å². The predicted molar refractivity (Wildman–Crippen MR) is 85.8 cm³/mol. The van der Waals surface area contributed by atoms with Gasteiger partial charge in [0.1, 0.15) is 0 Å². The monoisotopic (exact) mass is 261 g/mol. The van der Waals surface area contributed by atoms with Crippen molar-refractivity contribution in [2.75, 3.05) is 11.4 Å². The predicted octanol–water partition coefficient (Wildman–Crippen LogP) is 4.61. The number of rotatable bonds is 4. The lowest BCUT2D eigenvalue weighted by Crippen LogP contribution is -2.49. The van der Waals surface area contributed by atoms with Gasteiger partial charge in [0.15, 0.2) is 0 Å². The van der Waals surface area contributed by atoms with E-state index in [-0.39, 0.29) is 0 Å². The molecule has 0 bridgehead atoms. The normalized spacial score (nSPS) is 21.7. The van der Waals surface area contributed by atoms with E-state index in [1.165, 1.54) is 11.3 Å². The quantitative estimate of drug-likeness (QED) is 0.727. The van der Waals surface area contributed by atoms with E-state index in [0.29, 0.717) is 12.0 Å². The highest BCUT2D eigenvalue weighted by molar-refractivity contribution is 5.53. The number of hydrogen-bond acceptors (Lipinski definition) is 1. The van der Waals surface area contributed by atoms with Gasteiger partial charge in [-0.05, 0) is 17.7 Å². The highest BCUT2D eigenvalue weighted by atomic mass is 15.2. The van der Waals surface area contributed by atoms with Crippen molar-refractivity contribution in [3.05, 3.63) is 91.0 Å². The zero-order chi connectivity index (χ0) is 13.8. The second-order valence-corrected chi connectivity index (χ2v) is 5.13. The molecule has 1 aliphatic heterocycles. The zero-order valence-electron chi connectivity index (χ0n) is 11.5. The molecule has 0 aliphatic carbocycles. The second kappa shape index (κ2) is 5.79. The minimum Gasteiger partial charge on any atom is -0.363 e. The van der Waals surface area contributed by atoms with Gasteiger partial charge >= 0.3 is 0 Å². The van der Waals surface area contributed by atoms with Crippen molar-refractivity contribution in [1.82, 2.24) is 0 Å². The molecule has 0 aromatic heterocycles. The third-order valence-electron chi connectivity index (χ3n) is 3.87. The smallest absolute Gasteiger partial charge is 0.0622 e. The molecule has 100 valence electrons. The van der Waals surface area contributed by atoms with Gasteiger partial charge in [-0.2, -0.15) is 0 Å². The topological polar surface area (TPSA) is 3.24 Å². The summed E-state index contributed by atoms with van der Waals surface area (Å²) in [5.41, 5.74) is 2.67. The first-order valence-corrected chi connectivity index (χ1v) is 7.06. The Balaban J connectivity index is 1.89. The Hall–Kier alpha value is -2.28. The van der Waals surface area contributed by atoms with Crippen LogP contribution in [0, 0.1) is 5.92 Å². The van der Waals surface area contributed by atoms with Crippen molar-refractivity contribution in [2.24, 2.45) is 5.92 Å². The molecule has 1 fully saturated rings. The lowest BCUT2D eigenvalue weighted by atomic mass is 9.82. The standard InChI is InChI=1S/C19H19N/c1-2-3-10-17-15-20(18-13-8-5-9-14-18)19(17)16-11-6-4-7-12-16/h2-14,17,19H,1,15H2/b10-3+/t17-,19+/m1/s1. The second-order valence-electron chi connectivity index (χ2n) is 5.13. The molecule has 1 saturated heterocycles. The van der Waals surface area contributed by atoms with Gasteiger partial charge in [-0.15, -0.1) is 0 Å². The number of benzene rings is 2. The number of nitrogens with zero attached hydrogens (tertiary/aromatic N) is 1. The van der Waals surface area contributed by atoms with Gasteiger partial charge in [-0.1, -0.05) is 73.3 Å². The molecule has 1 heteroatoms. The molecule has 2 aromatic carbocycles. The summed E-state index contributed by atoms with van der Waals surface area (Å²) >= 11 is 0. The summed E-state index contributed by atoms with van der Waals surface area (Å²) in [4.78, 5) is 2.47. The molecule has 0 amide bonds. The van der Waals surface area contributed by atoms with Crippen molar-refractivity contribution in [1.29, 1.82) is 0 Å². The first kappa shape index (κ1) is 12.7. The molecule has 0 saturated carbocycles. The average Bonchev–Trinajstić information content (AvgIpc) is 2.48. The molecular formula is C19H19N. The van der Waals surface area contributed by atoms with Crippen molar-refractivity contribution in [2.45, 2.75) is 6.04 Å². The van der Waals surface area contributed by atoms with Gasteiger partial charge in [-0.25, -0.2) is 0 Å². The van der Waals surface area contributed by atoms with E-state index in [1.54, 1.807) is 0 Å². The molecular weight excluding hydrogens is 242 g/mol. The van der Waals surface area contributed by atoms with Crippen LogP contribution in [0.1, 0.15) is 11.6 Å². The van der Waals surface area contributed by atoms with E-state index in [4.69, 9.17) is 0 Å². The highest BCUT2D eigenvalue weighted by Crippen LogP contribution is 2.42. The van der Waals surface area contributed by atoms with Gasteiger partial charge < -0.3 is 4.90 Å². The van der Waals surface area contributed by atoms with Gasteiger partial charge in [0.05, 0.1) is 6.04 Å². The maximum absolute atomic E-state index is 3.77. The van der Waals surface area contributed by atoms with Gasteiger partial charge in [-0.3, -0.25) is 0 Å². The van der Waals surface area contributed by atoms with Crippen molar-refractivity contribution in [3.8, 4) is 0 Å². The van der Waals surface area contributed by atoms with Crippen LogP contribution in [0.2, 0.25) is 0 Å². The largest absolute Gasteiger partial charge is 0.363 e. The van der Waals surface area contributed by atoms with Gasteiger partial charge in [0.25, 0.3) is 0 Å². The molecule has 1 heterocycles. The van der Waals surface area contributed by atoms with E-state index in [2.05, 4.69) is 84.3 Å². The van der Waals surface area contributed by atoms with Gasteiger partial charge in [0.2, 0.25) is 0 Å². The summed E-state index contributed by atoms with van der Waals surface area (Å²) in [7, 11) is 0. The molecule has 1 nitrogen and oxygen atoms in total. The molecule has 0 N–H and O–H groups in total. The lowest BCUT2D eigenvalue weighted by Gasteiger charge is -2.49. The minimum atomic E-state index is 0.426. The van der Waals surface area contributed by atoms with Crippen molar-refractivity contribution in [3.63, 3.8) is 0 Å². The maximum Gasteiger partial charge on any atom is 0.0622 e. The molecule has 3 rings (SSSR count). The van der Waals surface area contributed by atoms with E-state index < -0.39 is 0 Å². The van der Waals surface area contributed by atoms with Crippen LogP contribution in [0.4, 0.5) is 5.69 Å². The van der Waals surface area contributed by atoms with Crippen LogP contribution in [-0.4, -0.2) is 6.54 Å². The average molecular weight is 261 g/mol. The molecule has 2 aromatic rings. The molecule has 0 radical (unpaired) electrons. The minimum absolute atomic E-state index is 0.426. The highest BCUT2D eigenvalue weighted by Gasteiger charge is 2.38. The van der Waals surface area contributed by atoms with Crippen LogP contribution >= 0.6 is 0 Å². The van der Waals surface area contributed by atoms with Crippen LogP contribution < -0.4 is 4.90 Å². The van der Waals surface area contributed by atoms with Crippen LogP contribution in [0.25, 0.3) is 0 Å². The Morgan fingerprint density at radius 2 is 1.60 bits per heavy atom. The van der Waals surface area contributed by atoms with E-state index in [0.717, 1.165) is 6.54 Å². The molecule has 2 atom stereocenters. The van der Waals surface area contributed by atoms with Crippen LogP contribution in [0.3, 0.4) is 0 Å². The summed E-state index contributed by atoms with van der Waals surface area (Å²) in [5.74, 6) is 0.551. The fourth-order valence-electron chi connectivity index (χ4n) is 2.88. The summed E-state index contributed by atoms with van der Waals surface area (Å²) in [6.45, 7) is 4.83. The van der Waals surface area contributed by atoms with Crippen LogP contribution in [0.5, 0.6) is 0 Å². The summed E-state index contributed by atoms with van der Waals surface area (Å²) in [6.07, 6.45) is 6.18. The van der Waals surface area contributed by atoms with E-state index in [9.17, 15) is 0 Å². The summed E-state index contributed by atoms with van der Waals surface area (Å²) < 4.78 is 0. The maximum atomic E-state index is 3.77. The Labute approximate surface area is 120 Å². The molecule has 20 heavy (non-hydrogen) atoms. The third-order valence-corrected chi connectivity index (χ3v) is 3.87. The summed E-state index contributed by atoms with van der Waals surface area (Å²) in [5, 5.41) is 0. The number of allylic oxidation sites excluding steroid dienone is 2. The fraction of sp³-hybridized carbons (Fsp3) is 0.158.